The first-order valence-corrected chi connectivity index (χ1v) is 19.5. The summed E-state index contributed by atoms with van der Waals surface area (Å²) in [6.45, 7) is 15.6. The van der Waals surface area contributed by atoms with E-state index in [4.69, 9.17) is 9.47 Å². The van der Waals surface area contributed by atoms with Crippen molar-refractivity contribution < 1.29 is 35.9 Å². The Morgan fingerprint density at radius 3 is 1.12 bits per heavy atom. The molecule has 2 N–H and O–H groups in total. The van der Waals surface area contributed by atoms with E-state index in [1.165, 1.54) is 0 Å². The molecule has 14 nitrogen and oxygen atoms in total. The van der Waals surface area contributed by atoms with Gasteiger partial charge in [-0.3, -0.25) is 9.44 Å². The molecule has 16 heteroatoms. The highest BCUT2D eigenvalue weighted by atomic mass is 32.2. The second-order valence-corrected chi connectivity index (χ2v) is 17.2. The predicted molar refractivity (Wildman–Crippen MR) is 190 cm³/mol. The van der Waals surface area contributed by atoms with Gasteiger partial charge in [-0.25, -0.2) is 26.4 Å². The molecule has 0 unspecified atom stereocenters. The first kappa shape index (κ1) is 38.5. The molecule has 0 bridgehead atoms. The SMILES string of the molecule is CC(C)(C)OC(=O)N1CCN(c2ccccc2NS(C)(=O)=O)CC1.CC(C)(C)OC(=O)N1CCN(c2ccccc2NS(C)(=O)=O)CC1. The molecule has 4 rings (SSSR count). The number of rotatable bonds is 6. The molecule has 0 spiro atoms. The maximum absolute atomic E-state index is 12.1. The van der Waals surface area contributed by atoms with Gasteiger partial charge in [-0.1, -0.05) is 24.3 Å². The van der Waals surface area contributed by atoms with E-state index in [1.807, 2.05) is 65.8 Å². The summed E-state index contributed by atoms with van der Waals surface area (Å²) in [6.07, 6.45) is 1.63. The van der Waals surface area contributed by atoms with Crippen LogP contribution in [0.2, 0.25) is 0 Å². The number of carbonyl (C=O) groups is 2. The van der Waals surface area contributed by atoms with Crippen LogP contribution in [0.4, 0.5) is 32.3 Å². The third-order valence-corrected chi connectivity index (χ3v) is 8.12. The molecule has 2 heterocycles. The first-order valence-electron chi connectivity index (χ1n) is 15.7. The average Bonchev–Trinajstić information content (AvgIpc) is 2.95. The highest BCUT2D eigenvalue weighted by molar-refractivity contribution is 7.92. The van der Waals surface area contributed by atoms with Crippen molar-refractivity contribution in [3.63, 3.8) is 0 Å². The molecule has 0 radical (unpaired) electrons. The zero-order valence-corrected chi connectivity index (χ0v) is 30.8. The Morgan fingerprint density at radius 2 is 0.854 bits per heavy atom. The molecule has 2 aliphatic heterocycles. The van der Waals surface area contributed by atoms with Crippen molar-refractivity contribution in [3.8, 4) is 0 Å². The minimum atomic E-state index is -3.34. The van der Waals surface area contributed by atoms with Gasteiger partial charge in [0.05, 0.1) is 35.3 Å². The van der Waals surface area contributed by atoms with E-state index in [0.717, 1.165) is 23.9 Å². The van der Waals surface area contributed by atoms with Gasteiger partial charge in [-0.05, 0) is 65.8 Å². The second-order valence-electron chi connectivity index (χ2n) is 13.7. The fraction of sp³-hybridized carbons (Fsp3) is 0.562. The van der Waals surface area contributed by atoms with Gasteiger partial charge in [0, 0.05) is 52.4 Å². The van der Waals surface area contributed by atoms with Gasteiger partial charge < -0.3 is 29.1 Å². The zero-order valence-electron chi connectivity index (χ0n) is 29.1. The monoisotopic (exact) mass is 710 g/mol. The molecule has 2 aliphatic rings. The van der Waals surface area contributed by atoms with E-state index in [9.17, 15) is 26.4 Å². The predicted octanol–water partition coefficient (Wildman–Crippen LogP) is 4.23. The standard InChI is InChI=1S/2C16H25N3O4S/c2*1-16(2,3)23-15(20)19-11-9-18(10-12-19)14-8-6-5-7-13(14)17-24(4,21)22/h2*5-8,17H,9-12H2,1-4H3. The number of nitrogens with zero attached hydrogens (tertiary/aromatic N) is 4. The molecule has 0 atom stereocenters. The summed E-state index contributed by atoms with van der Waals surface area (Å²) in [5.74, 6) is 0. The Morgan fingerprint density at radius 1 is 0.562 bits per heavy atom. The summed E-state index contributed by atoms with van der Waals surface area (Å²) in [6, 6.07) is 14.5. The Bertz CT molecular complexity index is 1500. The summed E-state index contributed by atoms with van der Waals surface area (Å²) in [5.41, 5.74) is 1.69. The van der Waals surface area contributed by atoms with Crippen LogP contribution in [0, 0.1) is 0 Å². The van der Waals surface area contributed by atoms with E-state index in [1.54, 1.807) is 34.1 Å². The highest BCUT2D eigenvalue weighted by Crippen LogP contribution is 2.29. The van der Waals surface area contributed by atoms with Crippen LogP contribution in [0.5, 0.6) is 0 Å². The maximum Gasteiger partial charge on any atom is 0.410 e. The van der Waals surface area contributed by atoms with Crippen LogP contribution in [0.1, 0.15) is 41.5 Å². The summed E-state index contributed by atoms with van der Waals surface area (Å²) in [5, 5.41) is 0. The van der Waals surface area contributed by atoms with Crippen molar-refractivity contribution in [2.75, 3.05) is 84.1 Å². The number of piperazine rings is 2. The fourth-order valence-corrected chi connectivity index (χ4v) is 6.13. The molecule has 2 amide bonds. The van der Waals surface area contributed by atoms with Crippen LogP contribution in [-0.2, 0) is 29.5 Å². The number of sulfonamides is 2. The normalized spacial score (nSPS) is 16.0. The molecule has 2 fully saturated rings. The topological polar surface area (TPSA) is 158 Å². The van der Waals surface area contributed by atoms with E-state index in [2.05, 4.69) is 19.2 Å². The number of amides is 2. The number of para-hydroxylation sites is 4. The number of hydrogen-bond acceptors (Lipinski definition) is 10. The third-order valence-electron chi connectivity index (χ3n) is 6.94. The number of benzene rings is 2. The first-order chi connectivity index (χ1) is 22.1. The van der Waals surface area contributed by atoms with Crippen LogP contribution >= 0.6 is 0 Å². The van der Waals surface area contributed by atoms with Gasteiger partial charge in [0.25, 0.3) is 0 Å². The molecule has 2 saturated heterocycles. The highest BCUT2D eigenvalue weighted by Gasteiger charge is 2.28. The van der Waals surface area contributed by atoms with Gasteiger partial charge >= 0.3 is 12.2 Å². The molecule has 0 saturated carbocycles. The molecule has 2 aromatic carbocycles. The maximum atomic E-state index is 12.1. The lowest BCUT2D eigenvalue weighted by Gasteiger charge is -2.37. The number of carbonyl (C=O) groups excluding carboxylic acids is 2. The van der Waals surface area contributed by atoms with Crippen molar-refractivity contribution >= 4 is 55.0 Å². The molecular formula is C32H50N6O8S2. The van der Waals surface area contributed by atoms with Crippen molar-refractivity contribution in [2.24, 2.45) is 0 Å². The van der Waals surface area contributed by atoms with Crippen LogP contribution in [0.15, 0.2) is 48.5 Å². The zero-order chi connectivity index (χ0) is 35.9. The van der Waals surface area contributed by atoms with E-state index in [0.29, 0.717) is 63.7 Å². The van der Waals surface area contributed by atoms with Crippen molar-refractivity contribution in [1.29, 1.82) is 0 Å². The second kappa shape index (κ2) is 15.5. The lowest BCUT2D eigenvalue weighted by Crippen LogP contribution is -2.50. The minimum absolute atomic E-state index is 0.315. The summed E-state index contributed by atoms with van der Waals surface area (Å²) < 4.78 is 61.9. The number of ether oxygens (including phenoxy) is 2. The van der Waals surface area contributed by atoms with Crippen LogP contribution in [0.25, 0.3) is 0 Å². The van der Waals surface area contributed by atoms with Gasteiger partial charge in [-0.15, -0.1) is 0 Å². The van der Waals surface area contributed by atoms with E-state index >= 15 is 0 Å². The van der Waals surface area contributed by atoms with Gasteiger partial charge in [0.1, 0.15) is 11.2 Å². The van der Waals surface area contributed by atoms with Crippen molar-refractivity contribution in [3.05, 3.63) is 48.5 Å². The Hall–Kier alpha value is -3.92. The largest absolute Gasteiger partial charge is 0.444 e. The molecular weight excluding hydrogens is 661 g/mol. The minimum Gasteiger partial charge on any atom is -0.444 e. The van der Waals surface area contributed by atoms with E-state index < -0.39 is 31.2 Å². The smallest absolute Gasteiger partial charge is 0.410 e. The van der Waals surface area contributed by atoms with Gasteiger partial charge in [0.2, 0.25) is 20.0 Å². The van der Waals surface area contributed by atoms with E-state index in [-0.39, 0.29) is 12.2 Å². The molecule has 48 heavy (non-hydrogen) atoms. The average molecular weight is 711 g/mol. The summed E-state index contributed by atoms with van der Waals surface area (Å²) >= 11 is 0. The van der Waals surface area contributed by atoms with Crippen molar-refractivity contribution in [2.45, 2.75) is 52.7 Å². The van der Waals surface area contributed by atoms with Crippen molar-refractivity contribution in [1.82, 2.24) is 9.80 Å². The van der Waals surface area contributed by atoms with Crippen LogP contribution < -0.4 is 19.2 Å². The lowest BCUT2D eigenvalue weighted by molar-refractivity contribution is 0.0230. The lowest BCUT2D eigenvalue weighted by atomic mass is 10.2. The van der Waals surface area contributed by atoms with Crippen LogP contribution in [-0.4, -0.2) is 115 Å². The summed E-state index contributed by atoms with van der Waals surface area (Å²) in [7, 11) is -6.69. The number of anilines is 4. The number of hydrogen-bond donors (Lipinski definition) is 2. The van der Waals surface area contributed by atoms with Gasteiger partial charge in [-0.2, -0.15) is 0 Å². The number of nitrogens with one attached hydrogen (secondary N) is 2. The summed E-state index contributed by atoms with van der Waals surface area (Å²) in [4.78, 5) is 31.7. The molecule has 268 valence electrons. The van der Waals surface area contributed by atoms with Gasteiger partial charge in [0.15, 0.2) is 0 Å². The molecule has 0 aromatic heterocycles. The quantitative estimate of drug-likeness (QED) is 0.445. The molecule has 2 aromatic rings. The Kier molecular flexibility index (Phi) is 12.5. The Balaban J connectivity index is 0.000000260. The fourth-order valence-electron chi connectivity index (χ4n) is 4.98. The third kappa shape index (κ3) is 12.9. The van der Waals surface area contributed by atoms with Crippen LogP contribution in [0.3, 0.4) is 0 Å². The Labute approximate surface area is 285 Å². The molecule has 0 aliphatic carbocycles.